The molecule has 5 nitrogen and oxygen atoms in total. The summed E-state index contributed by atoms with van der Waals surface area (Å²) >= 11 is 7.45. The number of benzene rings is 2. The lowest BCUT2D eigenvalue weighted by atomic mass is 10.2. The lowest BCUT2D eigenvalue weighted by molar-refractivity contribution is -0.139. The first-order valence-corrected chi connectivity index (χ1v) is 9.31. The lowest BCUT2D eigenvalue weighted by Gasteiger charge is -2.02. The maximum atomic E-state index is 12.4. The van der Waals surface area contributed by atoms with Crippen molar-refractivity contribution < 1.29 is 9.53 Å². The fourth-order valence-electron chi connectivity index (χ4n) is 2.66. The molecule has 4 rings (SSSR count). The molecule has 0 atom stereocenters. The van der Waals surface area contributed by atoms with Crippen LogP contribution in [0.4, 0.5) is 0 Å². The van der Waals surface area contributed by atoms with E-state index in [0.717, 1.165) is 15.8 Å². The fraction of sp³-hybridized carbons (Fsp3) is 0.0500. The number of ether oxygens (including phenoxy) is 1. The Kier molecular flexibility index (Phi) is 4.75. The zero-order chi connectivity index (χ0) is 18.8. The topological polar surface area (TPSA) is 60.7 Å². The number of hydrogen-bond acceptors (Lipinski definition) is 5. The van der Waals surface area contributed by atoms with E-state index in [9.17, 15) is 9.59 Å². The van der Waals surface area contributed by atoms with Gasteiger partial charge < -0.3 is 4.74 Å². The highest BCUT2D eigenvalue weighted by molar-refractivity contribution is 7.23. The SMILES string of the molecule is O=C(/C=C/c1ccccc1Cl)OCc1cc(=O)n2c(n1)sc1ccccc12. The molecule has 0 spiro atoms. The van der Waals surface area contributed by atoms with Gasteiger partial charge in [0.1, 0.15) is 6.61 Å². The molecule has 0 bridgehead atoms. The molecule has 2 aromatic carbocycles. The quantitative estimate of drug-likeness (QED) is 0.380. The van der Waals surface area contributed by atoms with Crippen molar-refractivity contribution >= 4 is 50.2 Å². The molecule has 7 heteroatoms. The second kappa shape index (κ2) is 7.34. The summed E-state index contributed by atoms with van der Waals surface area (Å²) in [5.41, 5.74) is 1.75. The van der Waals surface area contributed by atoms with E-state index in [0.29, 0.717) is 15.7 Å². The Balaban J connectivity index is 1.52. The van der Waals surface area contributed by atoms with E-state index < -0.39 is 5.97 Å². The number of aromatic nitrogens is 2. The Hall–Kier alpha value is -2.96. The van der Waals surface area contributed by atoms with Crippen molar-refractivity contribution in [2.24, 2.45) is 0 Å². The van der Waals surface area contributed by atoms with E-state index in [1.54, 1.807) is 22.6 Å². The minimum Gasteiger partial charge on any atom is -0.456 e. The van der Waals surface area contributed by atoms with E-state index in [4.69, 9.17) is 16.3 Å². The van der Waals surface area contributed by atoms with Crippen molar-refractivity contribution in [2.75, 3.05) is 0 Å². The summed E-state index contributed by atoms with van der Waals surface area (Å²) in [7, 11) is 0. The molecular formula is C20H13ClN2O3S. The van der Waals surface area contributed by atoms with Crippen LogP contribution in [0.25, 0.3) is 21.3 Å². The molecular weight excluding hydrogens is 384 g/mol. The molecule has 134 valence electrons. The molecule has 0 N–H and O–H groups in total. The summed E-state index contributed by atoms with van der Waals surface area (Å²) < 4.78 is 7.72. The van der Waals surface area contributed by atoms with Gasteiger partial charge in [0.25, 0.3) is 5.56 Å². The van der Waals surface area contributed by atoms with Gasteiger partial charge in [-0.1, -0.05) is 53.3 Å². The smallest absolute Gasteiger partial charge is 0.331 e. The predicted octanol–water partition coefficient (Wildman–Crippen LogP) is 4.32. The molecule has 4 aromatic rings. The number of hydrogen-bond donors (Lipinski definition) is 0. The number of para-hydroxylation sites is 1. The average Bonchev–Trinajstić information content (AvgIpc) is 3.04. The third-order valence-electron chi connectivity index (χ3n) is 3.91. The van der Waals surface area contributed by atoms with Gasteiger partial charge in [-0.2, -0.15) is 0 Å². The third kappa shape index (κ3) is 3.63. The van der Waals surface area contributed by atoms with Crippen molar-refractivity contribution in [2.45, 2.75) is 6.61 Å². The van der Waals surface area contributed by atoms with Gasteiger partial charge in [-0.05, 0) is 29.8 Å². The van der Waals surface area contributed by atoms with E-state index in [2.05, 4.69) is 4.98 Å². The second-order valence-corrected chi connectivity index (χ2v) is 7.15. The highest BCUT2D eigenvalue weighted by Gasteiger charge is 2.10. The standard InChI is InChI=1S/C20H13ClN2O3S/c21-15-6-2-1-5-13(15)9-10-19(25)26-12-14-11-18(24)23-16-7-3-4-8-17(16)27-20(23)22-14/h1-11H,12H2/b10-9+. The molecule has 2 heterocycles. The van der Waals surface area contributed by atoms with Crippen LogP contribution in [0, 0.1) is 0 Å². The fourth-order valence-corrected chi connectivity index (χ4v) is 3.91. The Bertz CT molecular complexity index is 1240. The molecule has 2 aromatic heterocycles. The first-order chi connectivity index (χ1) is 13.1. The minimum atomic E-state index is -0.534. The third-order valence-corrected chi connectivity index (χ3v) is 5.28. The largest absolute Gasteiger partial charge is 0.456 e. The maximum absolute atomic E-state index is 12.4. The van der Waals surface area contributed by atoms with Crippen molar-refractivity contribution in [1.29, 1.82) is 0 Å². The number of nitrogens with zero attached hydrogens (tertiary/aromatic N) is 2. The number of esters is 1. The summed E-state index contributed by atoms with van der Waals surface area (Å²) in [6, 6.07) is 16.2. The van der Waals surface area contributed by atoms with Gasteiger partial charge >= 0.3 is 5.97 Å². The number of carbonyl (C=O) groups excluding carboxylic acids is 1. The molecule has 0 amide bonds. The van der Waals surface area contributed by atoms with Crippen LogP contribution in [0.1, 0.15) is 11.3 Å². The summed E-state index contributed by atoms with van der Waals surface area (Å²) in [4.78, 5) is 29.4. The Morgan fingerprint density at radius 2 is 1.96 bits per heavy atom. The van der Waals surface area contributed by atoms with E-state index in [1.165, 1.54) is 23.5 Å². The van der Waals surface area contributed by atoms with Crippen LogP contribution in [-0.2, 0) is 16.1 Å². The van der Waals surface area contributed by atoms with Crippen molar-refractivity contribution in [3.8, 4) is 0 Å². The molecule has 0 aliphatic heterocycles. The summed E-state index contributed by atoms with van der Waals surface area (Å²) in [5.74, 6) is -0.534. The number of halogens is 1. The highest BCUT2D eigenvalue weighted by Crippen LogP contribution is 2.23. The molecule has 0 unspecified atom stereocenters. The number of rotatable bonds is 4. The zero-order valence-electron chi connectivity index (χ0n) is 14.0. The van der Waals surface area contributed by atoms with Gasteiger partial charge in [0.2, 0.25) is 0 Å². The molecule has 27 heavy (non-hydrogen) atoms. The van der Waals surface area contributed by atoms with Crippen LogP contribution in [0.2, 0.25) is 5.02 Å². The predicted molar refractivity (Wildman–Crippen MR) is 107 cm³/mol. The van der Waals surface area contributed by atoms with Crippen LogP contribution in [-0.4, -0.2) is 15.4 Å². The van der Waals surface area contributed by atoms with Crippen LogP contribution in [0.15, 0.2) is 65.5 Å². The normalized spacial score (nSPS) is 11.4. The van der Waals surface area contributed by atoms with Crippen molar-refractivity contribution in [1.82, 2.24) is 9.38 Å². The summed E-state index contributed by atoms with van der Waals surface area (Å²) in [6.07, 6.45) is 2.88. The van der Waals surface area contributed by atoms with Crippen molar-refractivity contribution in [3.63, 3.8) is 0 Å². The maximum Gasteiger partial charge on any atom is 0.331 e. The van der Waals surface area contributed by atoms with Crippen LogP contribution < -0.4 is 5.56 Å². The monoisotopic (exact) mass is 396 g/mol. The number of fused-ring (bicyclic) bond motifs is 3. The molecule has 0 saturated carbocycles. The molecule has 0 fully saturated rings. The van der Waals surface area contributed by atoms with Gasteiger partial charge in [-0.25, -0.2) is 9.78 Å². The first kappa shape index (κ1) is 17.5. The molecule has 0 aliphatic carbocycles. The minimum absolute atomic E-state index is 0.0777. The lowest BCUT2D eigenvalue weighted by Crippen LogP contribution is -2.14. The Labute approximate surface area is 163 Å². The van der Waals surface area contributed by atoms with Gasteiger partial charge in [0.15, 0.2) is 4.96 Å². The summed E-state index contributed by atoms with van der Waals surface area (Å²) in [6.45, 7) is -0.0777. The van der Waals surface area contributed by atoms with Gasteiger partial charge in [-0.15, -0.1) is 0 Å². The Morgan fingerprint density at radius 3 is 2.81 bits per heavy atom. The first-order valence-electron chi connectivity index (χ1n) is 8.11. The van der Waals surface area contributed by atoms with Crippen molar-refractivity contribution in [3.05, 3.63) is 87.3 Å². The summed E-state index contributed by atoms with van der Waals surface area (Å²) in [5, 5.41) is 0.548. The van der Waals surface area contributed by atoms with E-state index in [-0.39, 0.29) is 12.2 Å². The zero-order valence-corrected chi connectivity index (χ0v) is 15.5. The molecule has 0 radical (unpaired) electrons. The van der Waals surface area contributed by atoms with E-state index >= 15 is 0 Å². The second-order valence-electron chi connectivity index (χ2n) is 5.74. The van der Waals surface area contributed by atoms with Crippen LogP contribution in [0.3, 0.4) is 0 Å². The van der Waals surface area contributed by atoms with Crippen LogP contribution >= 0.6 is 22.9 Å². The van der Waals surface area contributed by atoms with Gasteiger partial charge in [-0.3, -0.25) is 9.20 Å². The highest BCUT2D eigenvalue weighted by atomic mass is 35.5. The van der Waals surface area contributed by atoms with Gasteiger partial charge in [0.05, 0.1) is 15.9 Å². The van der Waals surface area contributed by atoms with Gasteiger partial charge in [0, 0.05) is 17.2 Å². The van der Waals surface area contributed by atoms with E-state index in [1.807, 2.05) is 36.4 Å². The average molecular weight is 397 g/mol. The number of carbonyl (C=O) groups is 1. The number of thiazole rings is 1. The Morgan fingerprint density at radius 1 is 1.19 bits per heavy atom. The van der Waals surface area contributed by atoms with Crippen LogP contribution in [0.5, 0.6) is 0 Å². The molecule has 0 aliphatic rings. The molecule has 0 saturated heterocycles.